The van der Waals surface area contributed by atoms with Gasteiger partial charge in [0.1, 0.15) is 0 Å². The maximum atomic E-state index is 6.06. The van der Waals surface area contributed by atoms with Gasteiger partial charge in [-0.2, -0.15) is 0 Å². The molecule has 2 aliphatic rings. The molecule has 2 aliphatic heterocycles. The molecule has 2 saturated heterocycles. The molecule has 0 bridgehead atoms. The normalized spacial score (nSPS) is 25.9. The van der Waals surface area contributed by atoms with E-state index in [2.05, 4.69) is 23.9 Å². The van der Waals surface area contributed by atoms with Gasteiger partial charge >= 0.3 is 0 Å². The molecule has 0 aliphatic carbocycles. The van der Waals surface area contributed by atoms with Crippen LogP contribution in [0, 0.1) is 11.8 Å². The summed E-state index contributed by atoms with van der Waals surface area (Å²) in [6.45, 7) is 6.37. The first-order chi connectivity index (χ1) is 9.20. The number of rotatable bonds is 5. The lowest BCUT2D eigenvalue weighted by Crippen LogP contribution is -2.50. The molecule has 0 amide bonds. The van der Waals surface area contributed by atoms with E-state index in [1.54, 1.807) is 0 Å². The van der Waals surface area contributed by atoms with Crippen molar-refractivity contribution in [3.8, 4) is 0 Å². The van der Waals surface area contributed by atoms with Crippen LogP contribution in [0.1, 0.15) is 25.7 Å². The van der Waals surface area contributed by atoms with E-state index in [4.69, 9.17) is 10.5 Å². The van der Waals surface area contributed by atoms with Crippen LogP contribution < -0.4 is 5.73 Å². The highest BCUT2D eigenvalue weighted by Gasteiger charge is 2.30. The molecule has 19 heavy (non-hydrogen) atoms. The molecule has 0 aromatic heterocycles. The monoisotopic (exact) mass is 269 g/mol. The van der Waals surface area contributed by atoms with E-state index in [0.29, 0.717) is 6.04 Å². The van der Waals surface area contributed by atoms with Crippen molar-refractivity contribution < 1.29 is 4.74 Å². The molecule has 112 valence electrons. The Labute approximate surface area is 118 Å². The van der Waals surface area contributed by atoms with Crippen LogP contribution in [0.4, 0.5) is 0 Å². The molecule has 1 unspecified atom stereocenters. The Balaban J connectivity index is 1.80. The minimum Gasteiger partial charge on any atom is -0.381 e. The van der Waals surface area contributed by atoms with Crippen molar-refractivity contribution in [1.82, 2.24) is 9.80 Å². The Bertz CT molecular complexity index is 246. The molecule has 0 aromatic rings. The minimum atomic E-state index is 0.587. The number of ether oxygens (including phenoxy) is 1. The third-order valence-electron chi connectivity index (χ3n) is 4.79. The van der Waals surface area contributed by atoms with Gasteiger partial charge in [-0.1, -0.05) is 0 Å². The lowest BCUT2D eigenvalue weighted by Gasteiger charge is -2.42. The second-order valence-electron chi connectivity index (χ2n) is 6.49. The standard InChI is InChI=1S/C15H31N3O/c1-17(2)12-13-3-7-18(8-4-13)15(11-16)14-5-9-19-10-6-14/h13-15H,3-12,16H2,1-2H3. The summed E-state index contributed by atoms with van der Waals surface area (Å²) in [7, 11) is 4.36. The average molecular weight is 269 g/mol. The second-order valence-corrected chi connectivity index (χ2v) is 6.49. The van der Waals surface area contributed by atoms with E-state index in [1.165, 1.54) is 45.3 Å². The Kier molecular flexibility index (Phi) is 6.07. The van der Waals surface area contributed by atoms with Crippen LogP contribution in [-0.2, 0) is 4.74 Å². The van der Waals surface area contributed by atoms with Crippen LogP contribution in [0.5, 0.6) is 0 Å². The average Bonchev–Trinajstić information content (AvgIpc) is 2.42. The molecule has 2 heterocycles. The highest BCUT2D eigenvalue weighted by atomic mass is 16.5. The minimum absolute atomic E-state index is 0.587. The molecule has 0 aromatic carbocycles. The maximum Gasteiger partial charge on any atom is 0.0469 e. The summed E-state index contributed by atoms with van der Waals surface area (Å²) in [6.07, 6.45) is 5.05. The quantitative estimate of drug-likeness (QED) is 0.809. The highest BCUT2D eigenvalue weighted by molar-refractivity contribution is 4.85. The Morgan fingerprint density at radius 2 is 1.79 bits per heavy atom. The van der Waals surface area contributed by atoms with Gasteiger partial charge in [-0.15, -0.1) is 0 Å². The number of likely N-dealkylation sites (tertiary alicyclic amines) is 1. The topological polar surface area (TPSA) is 41.7 Å². The fourth-order valence-electron chi connectivity index (χ4n) is 3.72. The molecule has 4 nitrogen and oxygen atoms in total. The van der Waals surface area contributed by atoms with E-state index in [0.717, 1.165) is 31.6 Å². The van der Waals surface area contributed by atoms with Crippen molar-refractivity contribution >= 4 is 0 Å². The molecule has 2 N–H and O–H groups in total. The van der Waals surface area contributed by atoms with Gasteiger partial charge in [0, 0.05) is 32.3 Å². The van der Waals surface area contributed by atoms with Crippen LogP contribution in [0.3, 0.4) is 0 Å². The van der Waals surface area contributed by atoms with E-state index in [-0.39, 0.29) is 0 Å². The van der Waals surface area contributed by atoms with Gasteiger partial charge in [-0.3, -0.25) is 4.90 Å². The van der Waals surface area contributed by atoms with Crippen LogP contribution in [0.15, 0.2) is 0 Å². The smallest absolute Gasteiger partial charge is 0.0469 e. The molecule has 2 fully saturated rings. The van der Waals surface area contributed by atoms with Crippen molar-refractivity contribution in [3.05, 3.63) is 0 Å². The Hall–Kier alpha value is -0.160. The van der Waals surface area contributed by atoms with Gasteiger partial charge in [-0.25, -0.2) is 0 Å². The first-order valence-corrected chi connectivity index (χ1v) is 7.87. The number of hydrogen-bond donors (Lipinski definition) is 1. The summed E-state index contributed by atoms with van der Waals surface area (Å²) >= 11 is 0. The Morgan fingerprint density at radius 3 is 2.32 bits per heavy atom. The van der Waals surface area contributed by atoms with Gasteiger partial charge in [-0.05, 0) is 64.7 Å². The lowest BCUT2D eigenvalue weighted by molar-refractivity contribution is 0.0166. The number of nitrogens with zero attached hydrogens (tertiary/aromatic N) is 2. The number of hydrogen-bond acceptors (Lipinski definition) is 4. The van der Waals surface area contributed by atoms with E-state index < -0.39 is 0 Å². The van der Waals surface area contributed by atoms with Gasteiger partial charge in [0.25, 0.3) is 0 Å². The van der Waals surface area contributed by atoms with Crippen molar-refractivity contribution in [2.45, 2.75) is 31.7 Å². The SMILES string of the molecule is CN(C)CC1CCN(C(CN)C2CCOCC2)CC1. The fraction of sp³-hybridized carbons (Fsp3) is 1.00. The zero-order chi connectivity index (χ0) is 13.7. The molecule has 0 radical (unpaired) electrons. The van der Waals surface area contributed by atoms with Gasteiger partial charge in [0.2, 0.25) is 0 Å². The van der Waals surface area contributed by atoms with Gasteiger partial charge in [0.15, 0.2) is 0 Å². The first-order valence-electron chi connectivity index (χ1n) is 7.87. The fourth-order valence-corrected chi connectivity index (χ4v) is 3.72. The second kappa shape index (κ2) is 7.58. The summed E-state index contributed by atoms with van der Waals surface area (Å²) in [5.41, 5.74) is 6.06. The molecule has 1 atom stereocenters. The summed E-state index contributed by atoms with van der Waals surface area (Å²) in [6, 6.07) is 0.587. The van der Waals surface area contributed by atoms with Crippen LogP contribution in [-0.4, -0.2) is 69.3 Å². The third kappa shape index (κ3) is 4.42. The van der Waals surface area contributed by atoms with Crippen molar-refractivity contribution in [2.75, 3.05) is 53.5 Å². The summed E-state index contributed by atoms with van der Waals surface area (Å²) in [4.78, 5) is 4.97. The maximum absolute atomic E-state index is 6.06. The zero-order valence-electron chi connectivity index (χ0n) is 12.7. The highest BCUT2D eigenvalue weighted by Crippen LogP contribution is 2.26. The van der Waals surface area contributed by atoms with Crippen molar-refractivity contribution in [3.63, 3.8) is 0 Å². The predicted octanol–water partition coefficient (Wildman–Crippen LogP) is 1.01. The zero-order valence-corrected chi connectivity index (χ0v) is 12.7. The van der Waals surface area contributed by atoms with E-state index >= 15 is 0 Å². The molecule has 2 rings (SSSR count). The van der Waals surface area contributed by atoms with Crippen LogP contribution >= 0.6 is 0 Å². The van der Waals surface area contributed by atoms with E-state index in [9.17, 15) is 0 Å². The molecular weight excluding hydrogens is 238 g/mol. The molecule has 0 spiro atoms. The first kappa shape index (κ1) is 15.2. The largest absolute Gasteiger partial charge is 0.381 e. The number of nitrogens with two attached hydrogens (primary N) is 1. The summed E-state index contributed by atoms with van der Waals surface area (Å²) < 4.78 is 5.48. The van der Waals surface area contributed by atoms with Crippen LogP contribution in [0.25, 0.3) is 0 Å². The summed E-state index contributed by atoms with van der Waals surface area (Å²) in [5.74, 6) is 1.63. The van der Waals surface area contributed by atoms with Crippen molar-refractivity contribution in [2.24, 2.45) is 17.6 Å². The molecule has 0 saturated carbocycles. The Morgan fingerprint density at radius 1 is 1.16 bits per heavy atom. The summed E-state index contributed by atoms with van der Waals surface area (Å²) in [5, 5.41) is 0. The third-order valence-corrected chi connectivity index (χ3v) is 4.79. The van der Waals surface area contributed by atoms with Crippen molar-refractivity contribution in [1.29, 1.82) is 0 Å². The lowest BCUT2D eigenvalue weighted by atomic mass is 9.87. The predicted molar refractivity (Wildman–Crippen MR) is 79.2 cm³/mol. The van der Waals surface area contributed by atoms with Gasteiger partial charge < -0.3 is 15.4 Å². The van der Waals surface area contributed by atoms with E-state index in [1.807, 2.05) is 0 Å². The van der Waals surface area contributed by atoms with Crippen LogP contribution in [0.2, 0.25) is 0 Å². The van der Waals surface area contributed by atoms with Gasteiger partial charge in [0.05, 0.1) is 0 Å². The molecule has 4 heteroatoms. The molecular formula is C15H31N3O. The number of piperidine rings is 1.